The first kappa shape index (κ1) is 16.7. The molecule has 0 fully saturated rings. The minimum atomic E-state index is -0.511. The summed E-state index contributed by atoms with van der Waals surface area (Å²) in [5.74, 6) is -0.131. The van der Waals surface area contributed by atoms with Gasteiger partial charge in [-0.25, -0.2) is 9.59 Å². The SMILES string of the molecule is COCOC(=O)c1ccc2c(c1)/C(=C/c1ccccc1)OC(=O)N2C. The molecule has 25 heavy (non-hydrogen) atoms. The molecule has 1 aliphatic heterocycles. The van der Waals surface area contributed by atoms with Crippen LogP contribution in [-0.2, 0) is 14.2 Å². The molecule has 128 valence electrons. The van der Waals surface area contributed by atoms with Crippen molar-refractivity contribution in [1.82, 2.24) is 0 Å². The van der Waals surface area contributed by atoms with E-state index in [9.17, 15) is 9.59 Å². The molecule has 1 aliphatic rings. The summed E-state index contributed by atoms with van der Waals surface area (Å²) in [6.07, 6.45) is 1.28. The number of fused-ring (bicyclic) bond motifs is 1. The van der Waals surface area contributed by atoms with Crippen LogP contribution in [0.1, 0.15) is 21.5 Å². The molecule has 3 rings (SSSR count). The molecule has 0 aromatic heterocycles. The van der Waals surface area contributed by atoms with Crippen molar-refractivity contribution in [2.45, 2.75) is 0 Å². The summed E-state index contributed by atoms with van der Waals surface area (Å²) in [4.78, 5) is 25.5. The van der Waals surface area contributed by atoms with E-state index in [-0.39, 0.29) is 6.79 Å². The minimum absolute atomic E-state index is 0.127. The van der Waals surface area contributed by atoms with Crippen LogP contribution in [0.3, 0.4) is 0 Å². The quantitative estimate of drug-likeness (QED) is 0.630. The fourth-order valence-electron chi connectivity index (χ4n) is 2.47. The first-order valence-corrected chi connectivity index (χ1v) is 7.63. The molecule has 2 aromatic carbocycles. The number of esters is 1. The number of carbonyl (C=O) groups excluding carboxylic acids is 2. The average Bonchev–Trinajstić information content (AvgIpc) is 2.64. The summed E-state index contributed by atoms with van der Waals surface area (Å²) in [6.45, 7) is -0.127. The van der Waals surface area contributed by atoms with E-state index in [0.717, 1.165) is 5.56 Å². The maximum absolute atomic E-state index is 12.1. The van der Waals surface area contributed by atoms with Crippen LogP contribution < -0.4 is 4.90 Å². The highest BCUT2D eigenvalue weighted by atomic mass is 16.7. The van der Waals surface area contributed by atoms with Gasteiger partial charge in [-0.05, 0) is 29.8 Å². The number of cyclic esters (lactones) is 1. The standard InChI is InChI=1S/C19H17NO5/c1-20-16-9-8-14(18(21)24-12-23-2)11-15(16)17(25-19(20)22)10-13-6-4-3-5-7-13/h3-11H,12H2,1-2H3/b17-10-. The summed E-state index contributed by atoms with van der Waals surface area (Å²) in [6, 6.07) is 14.4. The molecule has 0 saturated heterocycles. The largest absolute Gasteiger partial charge is 0.435 e. The Bertz CT molecular complexity index is 829. The molecule has 1 amide bonds. The van der Waals surface area contributed by atoms with Gasteiger partial charge in [-0.1, -0.05) is 30.3 Å². The van der Waals surface area contributed by atoms with Crippen LogP contribution >= 0.6 is 0 Å². The maximum Gasteiger partial charge on any atom is 0.419 e. The predicted molar refractivity (Wildman–Crippen MR) is 92.9 cm³/mol. The molecule has 0 N–H and O–H groups in total. The average molecular weight is 339 g/mol. The van der Waals surface area contributed by atoms with Crippen molar-refractivity contribution < 1.29 is 23.8 Å². The molecule has 0 atom stereocenters. The Balaban J connectivity index is 2.03. The Hall–Kier alpha value is -3.12. The number of nitrogens with zero attached hydrogens (tertiary/aromatic N) is 1. The zero-order valence-corrected chi connectivity index (χ0v) is 13.9. The third kappa shape index (κ3) is 3.54. The summed E-state index contributed by atoms with van der Waals surface area (Å²) in [7, 11) is 3.05. The lowest BCUT2D eigenvalue weighted by atomic mass is 10.0. The Kier molecular flexibility index (Phi) is 4.81. The number of hydrogen-bond acceptors (Lipinski definition) is 5. The van der Waals surface area contributed by atoms with E-state index in [2.05, 4.69) is 0 Å². The molecule has 0 spiro atoms. The van der Waals surface area contributed by atoms with Crippen LogP contribution in [0, 0.1) is 0 Å². The van der Waals surface area contributed by atoms with E-state index >= 15 is 0 Å². The number of benzene rings is 2. The van der Waals surface area contributed by atoms with E-state index in [1.807, 2.05) is 30.3 Å². The molecule has 1 heterocycles. The predicted octanol–water partition coefficient (Wildman–Crippen LogP) is 3.53. The van der Waals surface area contributed by atoms with Crippen LogP contribution in [0.5, 0.6) is 0 Å². The van der Waals surface area contributed by atoms with E-state index in [1.54, 1.807) is 31.3 Å². The van der Waals surface area contributed by atoms with Crippen molar-refractivity contribution in [1.29, 1.82) is 0 Å². The van der Waals surface area contributed by atoms with Gasteiger partial charge in [-0.15, -0.1) is 0 Å². The molecule has 0 saturated carbocycles. The van der Waals surface area contributed by atoms with E-state index in [0.29, 0.717) is 22.6 Å². The van der Waals surface area contributed by atoms with Gasteiger partial charge in [0.05, 0.1) is 11.3 Å². The van der Waals surface area contributed by atoms with Gasteiger partial charge in [0.1, 0.15) is 5.76 Å². The first-order chi connectivity index (χ1) is 12.1. The van der Waals surface area contributed by atoms with E-state index in [4.69, 9.17) is 14.2 Å². The summed E-state index contributed by atoms with van der Waals surface area (Å²) in [5, 5.41) is 0. The van der Waals surface area contributed by atoms with Crippen LogP contribution in [0.15, 0.2) is 48.5 Å². The zero-order valence-electron chi connectivity index (χ0n) is 13.9. The first-order valence-electron chi connectivity index (χ1n) is 7.63. The lowest BCUT2D eigenvalue weighted by Crippen LogP contribution is -2.31. The smallest absolute Gasteiger partial charge is 0.419 e. The highest BCUT2D eigenvalue weighted by Gasteiger charge is 2.27. The number of methoxy groups -OCH3 is 1. The van der Waals surface area contributed by atoms with Gasteiger partial charge in [0.15, 0.2) is 6.79 Å². The molecule has 6 heteroatoms. The number of ether oxygens (including phenoxy) is 3. The van der Waals surface area contributed by atoms with Crippen LogP contribution in [-0.4, -0.2) is 33.0 Å². The Morgan fingerprint density at radius 3 is 2.68 bits per heavy atom. The zero-order chi connectivity index (χ0) is 17.8. The van der Waals surface area contributed by atoms with Crippen LogP contribution in [0.4, 0.5) is 10.5 Å². The molecular weight excluding hydrogens is 322 g/mol. The topological polar surface area (TPSA) is 65.1 Å². The Labute approximate surface area is 145 Å². The number of carbonyl (C=O) groups is 2. The van der Waals surface area contributed by atoms with Crippen molar-refractivity contribution >= 4 is 29.6 Å². The highest BCUT2D eigenvalue weighted by Crippen LogP contribution is 2.35. The van der Waals surface area contributed by atoms with Crippen molar-refractivity contribution in [3.05, 3.63) is 65.2 Å². The van der Waals surface area contributed by atoms with Gasteiger partial charge in [0.2, 0.25) is 0 Å². The number of hydrogen-bond donors (Lipinski definition) is 0. The lowest BCUT2D eigenvalue weighted by Gasteiger charge is -2.27. The van der Waals surface area contributed by atoms with Gasteiger partial charge >= 0.3 is 12.1 Å². The van der Waals surface area contributed by atoms with Gasteiger partial charge in [0, 0.05) is 19.7 Å². The second kappa shape index (κ2) is 7.19. The fourth-order valence-corrected chi connectivity index (χ4v) is 2.47. The molecule has 2 aromatic rings. The van der Waals surface area contributed by atoms with E-state index in [1.165, 1.54) is 12.0 Å². The number of rotatable bonds is 4. The van der Waals surface area contributed by atoms with Crippen molar-refractivity contribution in [2.75, 3.05) is 25.9 Å². The van der Waals surface area contributed by atoms with Crippen molar-refractivity contribution in [3.63, 3.8) is 0 Å². The van der Waals surface area contributed by atoms with Crippen LogP contribution in [0.25, 0.3) is 11.8 Å². The third-order valence-corrected chi connectivity index (χ3v) is 3.74. The van der Waals surface area contributed by atoms with Gasteiger partial charge in [-0.2, -0.15) is 0 Å². The van der Waals surface area contributed by atoms with E-state index < -0.39 is 12.1 Å². The summed E-state index contributed by atoms with van der Waals surface area (Å²) >= 11 is 0. The molecule has 0 unspecified atom stereocenters. The molecule has 6 nitrogen and oxygen atoms in total. The molecule has 0 aliphatic carbocycles. The van der Waals surface area contributed by atoms with Crippen LogP contribution in [0.2, 0.25) is 0 Å². The maximum atomic E-state index is 12.1. The molecule has 0 bridgehead atoms. The Morgan fingerprint density at radius 2 is 1.96 bits per heavy atom. The number of amides is 1. The fraction of sp³-hybridized carbons (Fsp3) is 0.158. The monoisotopic (exact) mass is 339 g/mol. The normalized spacial score (nSPS) is 14.9. The Morgan fingerprint density at radius 1 is 1.20 bits per heavy atom. The van der Waals surface area contributed by atoms with Crippen molar-refractivity contribution in [3.8, 4) is 0 Å². The second-order valence-electron chi connectivity index (χ2n) is 5.42. The molecule has 0 radical (unpaired) electrons. The minimum Gasteiger partial charge on any atom is -0.435 e. The van der Waals surface area contributed by atoms with Gasteiger partial charge < -0.3 is 14.2 Å². The second-order valence-corrected chi connectivity index (χ2v) is 5.42. The number of anilines is 1. The lowest BCUT2D eigenvalue weighted by molar-refractivity contribution is -0.0125. The van der Waals surface area contributed by atoms with Gasteiger partial charge in [0.25, 0.3) is 0 Å². The van der Waals surface area contributed by atoms with Crippen molar-refractivity contribution in [2.24, 2.45) is 0 Å². The molecular formula is C19H17NO5. The summed E-state index contributed by atoms with van der Waals surface area (Å²) in [5.41, 5.74) is 2.52. The third-order valence-electron chi connectivity index (χ3n) is 3.74. The summed E-state index contributed by atoms with van der Waals surface area (Å²) < 4.78 is 15.1. The van der Waals surface area contributed by atoms with Gasteiger partial charge in [-0.3, -0.25) is 4.90 Å². The highest BCUT2D eigenvalue weighted by molar-refractivity contribution is 6.03.